The maximum Gasteiger partial charge on any atom is 0.256 e. The zero-order valence-electron chi connectivity index (χ0n) is 16.6. The van der Waals surface area contributed by atoms with Crippen molar-refractivity contribution < 1.29 is 14.3 Å². The van der Waals surface area contributed by atoms with Crippen molar-refractivity contribution in [3.63, 3.8) is 0 Å². The smallest absolute Gasteiger partial charge is 0.256 e. The standard InChI is InChI=1S/C24H24N2O3/c1-28-20-11-9-19(10-12-20)6-4-5-13-26-18-22(21-7-2-3-8-23(21)26)24(27)25-14-16-29-17-15-25/h2-3,7-12,18H,5,13-17H2,1H3. The number of hydrogen-bond acceptors (Lipinski definition) is 3. The second-order valence-electron chi connectivity index (χ2n) is 6.94. The minimum atomic E-state index is 0.0765. The molecule has 4 rings (SSSR count). The predicted molar refractivity (Wildman–Crippen MR) is 113 cm³/mol. The summed E-state index contributed by atoms with van der Waals surface area (Å²) in [6.45, 7) is 3.23. The van der Waals surface area contributed by atoms with Crippen LogP contribution in [0.4, 0.5) is 0 Å². The van der Waals surface area contributed by atoms with E-state index in [1.54, 1.807) is 7.11 Å². The highest BCUT2D eigenvalue weighted by Crippen LogP contribution is 2.23. The maximum atomic E-state index is 13.0. The van der Waals surface area contributed by atoms with Crippen LogP contribution in [0.3, 0.4) is 0 Å². The number of amides is 1. The van der Waals surface area contributed by atoms with E-state index in [1.165, 1.54) is 0 Å². The van der Waals surface area contributed by atoms with Crippen molar-refractivity contribution in [2.45, 2.75) is 13.0 Å². The molecule has 1 aliphatic heterocycles. The fraction of sp³-hybridized carbons (Fsp3) is 0.292. The minimum absolute atomic E-state index is 0.0765. The van der Waals surface area contributed by atoms with E-state index in [2.05, 4.69) is 22.5 Å². The highest BCUT2D eigenvalue weighted by molar-refractivity contribution is 6.07. The molecule has 2 heterocycles. The summed E-state index contributed by atoms with van der Waals surface area (Å²) in [6.07, 6.45) is 2.67. The molecular weight excluding hydrogens is 364 g/mol. The molecule has 2 aromatic carbocycles. The minimum Gasteiger partial charge on any atom is -0.497 e. The number of para-hydroxylation sites is 1. The highest BCUT2D eigenvalue weighted by Gasteiger charge is 2.22. The lowest BCUT2D eigenvalue weighted by molar-refractivity contribution is 0.0304. The molecule has 0 radical (unpaired) electrons. The number of nitrogens with zero attached hydrogens (tertiary/aromatic N) is 2. The average Bonchev–Trinajstić information content (AvgIpc) is 3.16. The second-order valence-corrected chi connectivity index (χ2v) is 6.94. The van der Waals surface area contributed by atoms with Gasteiger partial charge in [0, 0.05) is 48.7 Å². The summed E-state index contributed by atoms with van der Waals surface area (Å²) in [5.74, 6) is 7.32. The van der Waals surface area contributed by atoms with E-state index in [0.29, 0.717) is 32.7 Å². The molecule has 1 aromatic heterocycles. The summed E-state index contributed by atoms with van der Waals surface area (Å²) >= 11 is 0. The first kappa shape index (κ1) is 19.1. The summed E-state index contributed by atoms with van der Waals surface area (Å²) in [7, 11) is 1.65. The monoisotopic (exact) mass is 388 g/mol. The number of hydrogen-bond donors (Lipinski definition) is 0. The van der Waals surface area contributed by atoms with Gasteiger partial charge in [-0.15, -0.1) is 0 Å². The second kappa shape index (κ2) is 8.85. The largest absolute Gasteiger partial charge is 0.497 e. The SMILES string of the molecule is COc1ccc(C#CCCn2cc(C(=O)N3CCOCC3)c3ccccc32)cc1. The normalized spacial score (nSPS) is 13.8. The maximum absolute atomic E-state index is 13.0. The van der Waals surface area contributed by atoms with E-state index in [9.17, 15) is 4.79 Å². The molecule has 3 aromatic rings. The fourth-order valence-corrected chi connectivity index (χ4v) is 3.55. The lowest BCUT2D eigenvalue weighted by atomic mass is 10.1. The van der Waals surface area contributed by atoms with E-state index < -0.39 is 0 Å². The Morgan fingerprint density at radius 1 is 1.10 bits per heavy atom. The van der Waals surface area contributed by atoms with Crippen molar-refractivity contribution >= 4 is 16.8 Å². The number of benzene rings is 2. The summed E-state index contributed by atoms with van der Waals surface area (Å²) in [4.78, 5) is 14.9. The van der Waals surface area contributed by atoms with Gasteiger partial charge in [-0.1, -0.05) is 30.0 Å². The van der Waals surface area contributed by atoms with Crippen LogP contribution in [0.25, 0.3) is 10.9 Å². The Balaban J connectivity index is 1.50. The van der Waals surface area contributed by atoms with Crippen LogP contribution in [-0.2, 0) is 11.3 Å². The topological polar surface area (TPSA) is 43.7 Å². The number of carbonyl (C=O) groups excluding carboxylic acids is 1. The zero-order valence-corrected chi connectivity index (χ0v) is 16.6. The average molecular weight is 388 g/mol. The molecule has 0 unspecified atom stereocenters. The summed E-state index contributed by atoms with van der Waals surface area (Å²) < 4.78 is 12.7. The fourth-order valence-electron chi connectivity index (χ4n) is 3.55. The van der Waals surface area contributed by atoms with Crippen LogP contribution in [0.15, 0.2) is 54.7 Å². The van der Waals surface area contributed by atoms with E-state index in [4.69, 9.17) is 9.47 Å². The number of aromatic nitrogens is 1. The van der Waals surface area contributed by atoms with E-state index in [-0.39, 0.29) is 5.91 Å². The summed E-state index contributed by atoms with van der Waals surface area (Å²) in [6, 6.07) is 15.8. The number of rotatable bonds is 4. The number of carbonyl (C=O) groups is 1. The van der Waals surface area contributed by atoms with Crippen molar-refractivity contribution in [2.75, 3.05) is 33.4 Å². The number of morpholine rings is 1. The Morgan fingerprint density at radius 2 is 1.86 bits per heavy atom. The van der Waals surface area contributed by atoms with E-state index >= 15 is 0 Å². The van der Waals surface area contributed by atoms with Crippen LogP contribution in [0, 0.1) is 11.8 Å². The molecule has 0 N–H and O–H groups in total. The van der Waals surface area contributed by atoms with Crippen LogP contribution in [-0.4, -0.2) is 48.8 Å². The number of fused-ring (bicyclic) bond motifs is 1. The van der Waals surface area contributed by atoms with Crippen LogP contribution in [0.5, 0.6) is 5.75 Å². The lowest BCUT2D eigenvalue weighted by Crippen LogP contribution is -2.40. The predicted octanol–water partition coefficient (Wildman–Crippen LogP) is 3.56. The Hall–Kier alpha value is -3.23. The Bertz CT molecular complexity index is 1050. The first-order valence-electron chi connectivity index (χ1n) is 9.84. The lowest BCUT2D eigenvalue weighted by Gasteiger charge is -2.26. The molecule has 1 aliphatic rings. The Kier molecular flexibility index (Phi) is 5.83. The molecular formula is C24H24N2O3. The van der Waals surface area contributed by atoms with Gasteiger partial charge in [0.25, 0.3) is 5.91 Å². The Labute approximate surface area is 170 Å². The van der Waals surface area contributed by atoms with Gasteiger partial charge in [-0.05, 0) is 30.3 Å². The van der Waals surface area contributed by atoms with Crippen LogP contribution >= 0.6 is 0 Å². The molecule has 0 bridgehead atoms. The third kappa shape index (κ3) is 4.28. The van der Waals surface area contributed by atoms with Crippen LogP contribution in [0.2, 0.25) is 0 Å². The molecule has 148 valence electrons. The highest BCUT2D eigenvalue weighted by atomic mass is 16.5. The first-order chi connectivity index (χ1) is 14.3. The molecule has 0 spiro atoms. The molecule has 5 nitrogen and oxygen atoms in total. The first-order valence-corrected chi connectivity index (χ1v) is 9.84. The van der Waals surface area contributed by atoms with Gasteiger partial charge in [0.15, 0.2) is 0 Å². The molecule has 5 heteroatoms. The van der Waals surface area contributed by atoms with Gasteiger partial charge >= 0.3 is 0 Å². The van der Waals surface area contributed by atoms with Crippen LogP contribution in [0.1, 0.15) is 22.3 Å². The number of methoxy groups -OCH3 is 1. The number of aryl methyl sites for hydroxylation is 1. The third-order valence-electron chi connectivity index (χ3n) is 5.12. The van der Waals surface area contributed by atoms with Crippen LogP contribution < -0.4 is 4.74 Å². The van der Waals surface area contributed by atoms with E-state index in [0.717, 1.165) is 34.3 Å². The van der Waals surface area contributed by atoms with Gasteiger partial charge in [0.1, 0.15) is 5.75 Å². The molecule has 0 saturated carbocycles. The van der Waals surface area contributed by atoms with Gasteiger partial charge in [0.05, 0.1) is 25.9 Å². The van der Waals surface area contributed by atoms with Gasteiger partial charge < -0.3 is 18.9 Å². The molecule has 1 amide bonds. The third-order valence-corrected chi connectivity index (χ3v) is 5.12. The Morgan fingerprint density at radius 3 is 2.62 bits per heavy atom. The quantitative estimate of drug-likeness (QED) is 0.642. The van der Waals surface area contributed by atoms with Crippen molar-refractivity contribution in [3.8, 4) is 17.6 Å². The van der Waals surface area contributed by atoms with Gasteiger partial charge in [0.2, 0.25) is 0 Å². The van der Waals surface area contributed by atoms with Gasteiger partial charge in [-0.3, -0.25) is 4.79 Å². The van der Waals surface area contributed by atoms with Crippen molar-refractivity contribution in [1.29, 1.82) is 0 Å². The van der Waals surface area contributed by atoms with Crippen molar-refractivity contribution in [2.24, 2.45) is 0 Å². The molecule has 0 aliphatic carbocycles. The molecule has 1 saturated heterocycles. The molecule has 29 heavy (non-hydrogen) atoms. The summed E-state index contributed by atoms with van der Waals surface area (Å²) in [5, 5.41) is 0.993. The van der Waals surface area contributed by atoms with E-state index in [1.807, 2.05) is 53.6 Å². The number of ether oxygens (including phenoxy) is 2. The van der Waals surface area contributed by atoms with Crippen molar-refractivity contribution in [1.82, 2.24) is 9.47 Å². The van der Waals surface area contributed by atoms with Gasteiger partial charge in [-0.2, -0.15) is 0 Å². The van der Waals surface area contributed by atoms with Gasteiger partial charge in [-0.25, -0.2) is 0 Å². The van der Waals surface area contributed by atoms with Crippen molar-refractivity contribution in [3.05, 3.63) is 65.9 Å². The molecule has 0 atom stereocenters. The summed E-state index contributed by atoms with van der Waals surface area (Å²) in [5.41, 5.74) is 2.78. The zero-order chi connectivity index (χ0) is 20.1. The molecule has 1 fully saturated rings.